The van der Waals surface area contributed by atoms with Crippen molar-refractivity contribution in [3.63, 3.8) is 0 Å². The molecule has 0 aromatic heterocycles. The van der Waals surface area contributed by atoms with Gasteiger partial charge in [0.2, 0.25) is 5.88 Å². The third-order valence-corrected chi connectivity index (χ3v) is 4.36. The molecule has 176 valence electrons. The van der Waals surface area contributed by atoms with Crippen LogP contribution in [-0.4, -0.2) is 58.9 Å². The zero-order valence-corrected chi connectivity index (χ0v) is 18.7. The van der Waals surface area contributed by atoms with Gasteiger partial charge in [-0.1, -0.05) is 12.1 Å². The van der Waals surface area contributed by atoms with Crippen molar-refractivity contribution in [1.29, 1.82) is 0 Å². The maximum absolute atomic E-state index is 13.0. The molecule has 11 heteroatoms. The first-order chi connectivity index (χ1) is 14.8. The Morgan fingerprint density at radius 2 is 1.81 bits per heavy atom. The number of benzene rings is 1. The highest BCUT2D eigenvalue weighted by Crippen LogP contribution is 2.19. The lowest BCUT2D eigenvalue weighted by atomic mass is 10.00. The first-order valence-electron chi connectivity index (χ1n) is 9.84. The molecule has 1 aliphatic heterocycles. The average Bonchev–Trinajstić information content (AvgIpc) is 2.67. The molecule has 0 spiro atoms. The predicted octanol–water partition coefficient (Wildman–Crippen LogP) is 2.03. The highest BCUT2D eigenvalue weighted by molar-refractivity contribution is 5.99. The van der Waals surface area contributed by atoms with Crippen molar-refractivity contribution in [3.05, 3.63) is 47.3 Å². The number of aliphatic hydroxyl groups is 2. The summed E-state index contributed by atoms with van der Waals surface area (Å²) in [6.07, 6.45) is -0.767. The number of rotatable bonds is 7. The molecule has 10 nitrogen and oxygen atoms in total. The molecule has 0 aliphatic carbocycles. The first-order valence-corrected chi connectivity index (χ1v) is 9.84. The molecule has 0 bridgehead atoms. The number of aliphatic hydroxyl groups excluding tert-OH is 2. The van der Waals surface area contributed by atoms with Crippen LogP contribution in [0.5, 0.6) is 0 Å². The molecule has 0 saturated heterocycles. The molecule has 0 radical (unpaired) electrons. The number of nitrogens with one attached hydrogen (secondary N) is 3. The number of amides is 2. The van der Waals surface area contributed by atoms with Crippen LogP contribution in [0.3, 0.4) is 0 Å². The van der Waals surface area contributed by atoms with E-state index >= 15 is 0 Å². The van der Waals surface area contributed by atoms with Crippen molar-refractivity contribution < 1.29 is 33.7 Å². The van der Waals surface area contributed by atoms with Crippen molar-refractivity contribution in [2.45, 2.75) is 51.4 Å². The minimum absolute atomic E-state index is 0.0255. The Labute approximate surface area is 185 Å². The van der Waals surface area contributed by atoms with E-state index in [9.17, 15) is 24.2 Å². The van der Waals surface area contributed by atoms with E-state index < -0.39 is 46.6 Å². The fraction of sp³-hybridized carbons (Fsp3) is 0.476. The number of amidine groups is 1. The van der Waals surface area contributed by atoms with Gasteiger partial charge in [0, 0.05) is 13.7 Å². The molecule has 0 saturated carbocycles. The number of hydrogen-bond acceptors (Lipinski definition) is 8. The molecular formula is C21H29FN4O6. The van der Waals surface area contributed by atoms with Crippen molar-refractivity contribution in [3.8, 4) is 0 Å². The summed E-state index contributed by atoms with van der Waals surface area (Å²) in [5.74, 6) is -2.53. The lowest BCUT2D eigenvalue weighted by molar-refractivity contribution is -0.122. The second-order valence-corrected chi connectivity index (χ2v) is 8.48. The lowest BCUT2D eigenvalue weighted by Gasteiger charge is -2.35. The summed E-state index contributed by atoms with van der Waals surface area (Å²) in [4.78, 5) is 29.2. The molecule has 2 unspecified atom stereocenters. The number of methoxy groups -OCH3 is 1. The zero-order valence-electron chi connectivity index (χ0n) is 18.7. The Hall–Kier alpha value is -3.34. The lowest BCUT2D eigenvalue weighted by Crippen LogP contribution is -2.61. The van der Waals surface area contributed by atoms with Gasteiger partial charge >= 0.3 is 6.09 Å². The van der Waals surface area contributed by atoms with Crippen LogP contribution in [0.4, 0.5) is 9.18 Å². The van der Waals surface area contributed by atoms with E-state index in [0.29, 0.717) is 5.56 Å². The Morgan fingerprint density at radius 1 is 1.19 bits per heavy atom. The maximum atomic E-state index is 13.0. The summed E-state index contributed by atoms with van der Waals surface area (Å²) >= 11 is 0. The Bertz CT molecular complexity index is 910. The van der Waals surface area contributed by atoms with Crippen LogP contribution in [0.1, 0.15) is 33.3 Å². The number of hydrogen-bond donors (Lipinski definition) is 5. The number of nitrogens with zero attached hydrogens (tertiary/aromatic N) is 1. The summed E-state index contributed by atoms with van der Waals surface area (Å²) in [5, 5.41) is 28.0. The molecular weight excluding hydrogens is 423 g/mol. The van der Waals surface area contributed by atoms with Crippen LogP contribution in [0.2, 0.25) is 0 Å². The van der Waals surface area contributed by atoms with Gasteiger partial charge in [-0.05, 0) is 45.4 Å². The second-order valence-electron chi connectivity index (χ2n) is 8.48. The van der Waals surface area contributed by atoms with Crippen molar-refractivity contribution >= 4 is 17.8 Å². The molecule has 0 fully saturated rings. The second kappa shape index (κ2) is 9.86. The minimum atomic E-state index is -1.48. The fourth-order valence-corrected chi connectivity index (χ4v) is 2.86. The molecule has 5 N–H and O–H groups in total. The van der Waals surface area contributed by atoms with E-state index in [0.717, 1.165) is 0 Å². The molecule has 32 heavy (non-hydrogen) atoms. The smallest absolute Gasteiger partial charge is 0.408 e. The van der Waals surface area contributed by atoms with Gasteiger partial charge in [-0.25, -0.2) is 14.2 Å². The number of carbonyl (C=O) groups excluding carboxylic acids is 2. The van der Waals surface area contributed by atoms with Gasteiger partial charge in [-0.3, -0.25) is 4.79 Å². The number of aliphatic imine (C=N–C) groups is 1. The van der Waals surface area contributed by atoms with Gasteiger partial charge < -0.3 is 35.6 Å². The van der Waals surface area contributed by atoms with Crippen molar-refractivity contribution in [2.75, 3.05) is 13.7 Å². The Balaban J connectivity index is 2.23. The van der Waals surface area contributed by atoms with Crippen molar-refractivity contribution in [2.24, 2.45) is 4.99 Å². The van der Waals surface area contributed by atoms with Gasteiger partial charge in [-0.15, -0.1) is 0 Å². The van der Waals surface area contributed by atoms with E-state index in [1.54, 1.807) is 27.7 Å². The van der Waals surface area contributed by atoms with Crippen LogP contribution < -0.4 is 16.0 Å². The first kappa shape index (κ1) is 24.9. The third-order valence-electron chi connectivity index (χ3n) is 4.36. The largest absolute Gasteiger partial charge is 0.505 e. The molecule has 2 amide bonds. The SMILES string of the molecule is COCC(C)(NC(=O)OC(C)(C)C)C1=NC(C(=O)NCc2ccc(F)cc2)C(O)=C(O)N1. The number of carbonyl (C=O) groups is 2. The maximum Gasteiger partial charge on any atom is 0.408 e. The van der Waals surface area contributed by atoms with Crippen LogP contribution in [0.15, 0.2) is 40.9 Å². The Morgan fingerprint density at radius 3 is 2.38 bits per heavy atom. The highest BCUT2D eigenvalue weighted by atomic mass is 19.1. The quantitative estimate of drug-likeness (QED) is 0.426. The molecule has 1 aromatic rings. The van der Waals surface area contributed by atoms with Crippen LogP contribution in [0.25, 0.3) is 0 Å². The summed E-state index contributed by atoms with van der Waals surface area (Å²) < 4.78 is 23.5. The summed E-state index contributed by atoms with van der Waals surface area (Å²) in [6.45, 7) is 6.61. The van der Waals surface area contributed by atoms with Crippen LogP contribution >= 0.6 is 0 Å². The Kier molecular flexibility index (Phi) is 7.68. The van der Waals surface area contributed by atoms with Crippen LogP contribution in [0, 0.1) is 5.82 Å². The molecule has 2 rings (SSSR count). The van der Waals surface area contributed by atoms with Crippen LogP contribution in [-0.2, 0) is 20.8 Å². The molecule has 1 aliphatic rings. The molecule has 1 heterocycles. The molecule has 2 atom stereocenters. The average molecular weight is 452 g/mol. The van der Waals surface area contributed by atoms with E-state index in [1.807, 2.05) is 0 Å². The van der Waals surface area contributed by atoms with Gasteiger partial charge in [0.25, 0.3) is 5.91 Å². The van der Waals surface area contributed by atoms with Gasteiger partial charge in [0.05, 0.1) is 6.61 Å². The number of halogens is 1. The zero-order chi connectivity index (χ0) is 24.1. The summed E-state index contributed by atoms with van der Waals surface area (Å²) in [6, 6.07) is 4.03. The third kappa shape index (κ3) is 6.58. The topological polar surface area (TPSA) is 142 Å². The van der Waals surface area contributed by atoms with Crippen molar-refractivity contribution in [1.82, 2.24) is 16.0 Å². The standard InChI is InChI=1S/C21H29FN4O6/c1-20(2,3)32-19(30)26-21(4,11-31-5)18-24-14(15(27)17(29)25-18)16(28)23-10-12-6-8-13(22)9-7-12/h6-9,14,27,29H,10-11H2,1-5H3,(H,23,28)(H,24,25)(H,26,30). The van der Waals surface area contributed by atoms with E-state index in [4.69, 9.17) is 9.47 Å². The summed E-state index contributed by atoms with van der Waals surface area (Å²) in [7, 11) is 1.40. The van der Waals surface area contributed by atoms with E-state index in [-0.39, 0.29) is 19.0 Å². The molecule has 1 aromatic carbocycles. The highest BCUT2D eigenvalue weighted by Gasteiger charge is 2.40. The van der Waals surface area contributed by atoms with Gasteiger partial charge in [0.1, 0.15) is 22.8 Å². The fourth-order valence-electron chi connectivity index (χ4n) is 2.86. The minimum Gasteiger partial charge on any atom is -0.505 e. The summed E-state index contributed by atoms with van der Waals surface area (Å²) in [5.41, 5.74) is -1.47. The van der Waals surface area contributed by atoms with E-state index in [2.05, 4.69) is 20.9 Å². The van der Waals surface area contributed by atoms with Gasteiger partial charge in [0.15, 0.2) is 11.8 Å². The predicted molar refractivity (Wildman–Crippen MR) is 115 cm³/mol. The number of alkyl carbamates (subject to hydrolysis) is 1. The van der Waals surface area contributed by atoms with E-state index in [1.165, 1.54) is 31.4 Å². The normalized spacial score (nSPS) is 18.2. The number of ether oxygens (including phenoxy) is 2. The van der Waals surface area contributed by atoms with Gasteiger partial charge in [-0.2, -0.15) is 0 Å². The monoisotopic (exact) mass is 452 g/mol.